The molecule has 0 unspecified atom stereocenters. The third-order valence-corrected chi connectivity index (χ3v) is 3.00. The fourth-order valence-electron chi connectivity index (χ4n) is 1.86. The molecule has 1 heterocycles. The van der Waals surface area contributed by atoms with Crippen LogP contribution in [0.2, 0.25) is 0 Å². The first-order valence-electron chi connectivity index (χ1n) is 5.93. The highest BCUT2D eigenvalue weighted by Crippen LogP contribution is 2.16. The number of rotatable bonds is 3. The van der Waals surface area contributed by atoms with Gasteiger partial charge in [-0.1, -0.05) is 38.1 Å². The molecule has 0 aliphatic heterocycles. The molecule has 17 heavy (non-hydrogen) atoms. The Balaban J connectivity index is 2.13. The zero-order valence-corrected chi connectivity index (χ0v) is 10.6. The van der Waals surface area contributed by atoms with Gasteiger partial charge in [0.05, 0.1) is 5.69 Å². The average Bonchev–Trinajstić information content (AvgIpc) is 2.58. The Kier molecular flexibility index (Phi) is 3.18. The largest absolute Gasteiger partial charge is 0.384 e. The second-order valence-corrected chi connectivity index (χ2v) is 4.76. The molecule has 3 heteroatoms. The van der Waals surface area contributed by atoms with E-state index in [2.05, 4.69) is 43.2 Å². The Labute approximate surface area is 102 Å². The van der Waals surface area contributed by atoms with Crippen LogP contribution in [0.1, 0.15) is 36.6 Å². The van der Waals surface area contributed by atoms with Gasteiger partial charge in [0.15, 0.2) is 0 Å². The number of nitrogens with two attached hydrogens (primary N) is 1. The summed E-state index contributed by atoms with van der Waals surface area (Å²) in [6.45, 7) is 4.41. The van der Waals surface area contributed by atoms with Crippen molar-refractivity contribution in [2.75, 3.05) is 5.73 Å². The van der Waals surface area contributed by atoms with Crippen LogP contribution in [0, 0.1) is 0 Å². The van der Waals surface area contributed by atoms with Crippen LogP contribution in [0.3, 0.4) is 0 Å². The zero-order chi connectivity index (χ0) is 12.4. The fraction of sp³-hybridized carbons (Fsp3) is 0.357. The summed E-state index contributed by atoms with van der Waals surface area (Å²) in [4.78, 5) is 0. The van der Waals surface area contributed by atoms with Crippen LogP contribution < -0.4 is 5.73 Å². The van der Waals surface area contributed by atoms with Gasteiger partial charge in [-0.3, -0.25) is 4.68 Å². The lowest BCUT2D eigenvalue weighted by molar-refractivity contribution is 0.759. The van der Waals surface area contributed by atoms with Gasteiger partial charge in [0.2, 0.25) is 0 Å². The van der Waals surface area contributed by atoms with Crippen molar-refractivity contribution in [1.29, 1.82) is 0 Å². The standard InChI is InChI=1S/C14H19N3/c1-10(2)12-6-4-11(5-7-12)8-13-9-14(15)17(3)16-13/h4-7,9-10H,8,15H2,1-3H3. The second kappa shape index (κ2) is 4.62. The Morgan fingerprint density at radius 1 is 1.24 bits per heavy atom. The van der Waals surface area contributed by atoms with Crippen LogP contribution in [0.25, 0.3) is 0 Å². The molecule has 1 aromatic carbocycles. The summed E-state index contributed by atoms with van der Waals surface area (Å²) >= 11 is 0. The van der Waals surface area contributed by atoms with Crippen LogP contribution in [-0.4, -0.2) is 9.78 Å². The van der Waals surface area contributed by atoms with Crippen molar-refractivity contribution >= 4 is 5.82 Å². The third-order valence-electron chi connectivity index (χ3n) is 3.00. The third kappa shape index (κ3) is 2.67. The lowest BCUT2D eigenvalue weighted by atomic mass is 10.0. The van der Waals surface area contributed by atoms with E-state index in [0.717, 1.165) is 12.1 Å². The van der Waals surface area contributed by atoms with Gasteiger partial charge in [-0.05, 0) is 17.0 Å². The maximum absolute atomic E-state index is 5.76. The molecule has 0 amide bonds. The highest BCUT2D eigenvalue weighted by Gasteiger charge is 2.04. The minimum Gasteiger partial charge on any atom is -0.384 e. The van der Waals surface area contributed by atoms with Crippen LogP contribution >= 0.6 is 0 Å². The summed E-state index contributed by atoms with van der Waals surface area (Å²) in [6, 6.07) is 10.6. The van der Waals surface area contributed by atoms with E-state index in [4.69, 9.17) is 5.73 Å². The summed E-state index contributed by atoms with van der Waals surface area (Å²) in [5, 5.41) is 4.35. The van der Waals surface area contributed by atoms with Crippen molar-refractivity contribution < 1.29 is 0 Å². The van der Waals surface area contributed by atoms with E-state index in [0.29, 0.717) is 11.7 Å². The Hall–Kier alpha value is -1.77. The lowest BCUT2D eigenvalue weighted by Crippen LogP contribution is -1.97. The van der Waals surface area contributed by atoms with Crippen molar-refractivity contribution in [1.82, 2.24) is 9.78 Å². The van der Waals surface area contributed by atoms with Crippen molar-refractivity contribution in [2.45, 2.75) is 26.2 Å². The number of anilines is 1. The molecule has 0 aliphatic rings. The molecule has 2 rings (SSSR count). The van der Waals surface area contributed by atoms with Gasteiger partial charge in [0.25, 0.3) is 0 Å². The van der Waals surface area contributed by atoms with Gasteiger partial charge in [-0.25, -0.2) is 0 Å². The van der Waals surface area contributed by atoms with E-state index in [1.54, 1.807) is 4.68 Å². The first-order valence-corrected chi connectivity index (χ1v) is 5.93. The molecule has 0 radical (unpaired) electrons. The van der Waals surface area contributed by atoms with E-state index in [-0.39, 0.29) is 0 Å². The normalized spacial score (nSPS) is 11.1. The minimum atomic E-state index is 0.578. The summed E-state index contributed by atoms with van der Waals surface area (Å²) in [5.41, 5.74) is 9.42. The molecule has 0 spiro atoms. The van der Waals surface area contributed by atoms with Gasteiger partial charge in [0.1, 0.15) is 5.82 Å². The molecule has 1 aromatic heterocycles. The predicted molar refractivity (Wildman–Crippen MR) is 71.0 cm³/mol. The summed E-state index contributed by atoms with van der Waals surface area (Å²) < 4.78 is 1.71. The molecule has 0 atom stereocenters. The zero-order valence-electron chi connectivity index (χ0n) is 10.6. The summed E-state index contributed by atoms with van der Waals surface area (Å²) in [7, 11) is 1.86. The SMILES string of the molecule is CC(C)c1ccc(Cc2cc(N)n(C)n2)cc1. The highest BCUT2D eigenvalue weighted by atomic mass is 15.3. The molecule has 0 aliphatic carbocycles. The van der Waals surface area contributed by atoms with E-state index in [9.17, 15) is 0 Å². The molecule has 0 bridgehead atoms. The highest BCUT2D eigenvalue weighted by molar-refractivity contribution is 5.34. The van der Waals surface area contributed by atoms with Crippen LogP contribution in [0.5, 0.6) is 0 Å². The van der Waals surface area contributed by atoms with Crippen LogP contribution in [-0.2, 0) is 13.5 Å². The molecule has 2 N–H and O–H groups in total. The van der Waals surface area contributed by atoms with Crippen LogP contribution in [0.15, 0.2) is 30.3 Å². The molecule has 0 saturated heterocycles. The summed E-state index contributed by atoms with van der Waals surface area (Å²) in [6.07, 6.45) is 0.837. The van der Waals surface area contributed by atoms with Crippen molar-refractivity contribution in [3.63, 3.8) is 0 Å². The molecule has 3 nitrogen and oxygen atoms in total. The Morgan fingerprint density at radius 3 is 2.35 bits per heavy atom. The quantitative estimate of drug-likeness (QED) is 0.879. The van der Waals surface area contributed by atoms with Gasteiger partial charge >= 0.3 is 0 Å². The van der Waals surface area contributed by atoms with Gasteiger partial charge in [0, 0.05) is 19.5 Å². The number of aromatic nitrogens is 2. The van der Waals surface area contributed by atoms with E-state index in [1.807, 2.05) is 13.1 Å². The lowest BCUT2D eigenvalue weighted by Gasteiger charge is -2.05. The maximum Gasteiger partial charge on any atom is 0.121 e. The first-order chi connectivity index (χ1) is 8.06. The smallest absolute Gasteiger partial charge is 0.121 e. The maximum atomic E-state index is 5.76. The topological polar surface area (TPSA) is 43.8 Å². The number of nitrogen functional groups attached to an aromatic ring is 1. The van der Waals surface area contributed by atoms with Gasteiger partial charge < -0.3 is 5.73 Å². The molecular formula is C14H19N3. The summed E-state index contributed by atoms with van der Waals surface area (Å²) in [5.74, 6) is 1.29. The molecular weight excluding hydrogens is 210 g/mol. The molecule has 90 valence electrons. The molecule has 0 fully saturated rings. The van der Waals surface area contributed by atoms with Crippen molar-refractivity contribution in [3.8, 4) is 0 Å². The average molecular weight is 229 g/mol. The van der Waals surface area contributed by atoms with E-state index < -0.39 is 0 Å². The van der Waals surface area contributed by atoms with Crippen molar-refractivity contribution in [2.24, 2.45) is 7.05 Å². The number of nitrogens with zero attached hydrogens (tertiary/aromatic N) is 2. The number of hydrogen-bond donors (Lipinski definition) is 1. The monoisotopic (exact) mass is 229 g/mol. The number of aryl methyl sites for hydroxylation is 1. The Bertz CT molecular complexity index is 475. The molecule has 0 saturated carbocycles. The first kappa shape index (κ1) is 11.7. The number of benzene rings is 1. The van der Waals surface area contributed by atoms with Crippen molar-refractivity contribution in [3.05, 3.63) is 47.2 Å². The Morgan fingerprint density at radius 2 is 1.88 bits per heavy atom. The van der Waals surface area contributed by atoms with E-state index in [1.165, 1.54) is 11.1 Å². The number of hydrogen-bond acceptors (Lipinski definition) is 2. The second-order valence-electron chi connectivity index (χ2n) is 4.76. The fourth-order valence-corrected chi connectivity index (χ4v) is 1.86. The molecule has 2 aromatic rings. The predicted octanol–water partition coefficient (Wildman–Crippen LogP) is 2.72. The minimum absolute atomic E-state index is 0.578. The van der Waals surface area contributed by atoms with Crippen LogP contribution in [0.4, 0.5) is 5.82 Å². The van der Waals surface area contributed by atoms with Gasteiger partial charge in [-0.15, -0.1) is 0 Å². The van der Waals surface area contributed by atoms with Gasteiger partial charge in [-0.2, -0.15) is 5.10 Å². The van der Waals surface area contributed by atoms with E-state index >= 15 is 0 Å².